The summed E-state index contributed by atoms with van der Waals surface area (Å²) in [7, 11) is 0. The van der Waals surface area contributed by atoms with Gasteiger partial charge in [-0.1, -0.05) is 6.92 Å². The van der Waals surface area contributed by atoms with Crippen molar-refractivity contribution in [1.82, 2.24) is 0 Å². The summed E-state index contributed by atoms with van der Waals surface area (Å²) in [6, 6.07) is 10.8. The van der Waals surface area contributed by atoms with E-state index in [4.69, 9.17) is 0 Å². The molecule has 0 radical (unpaired) electrons. The van der Waals surface area contributed by atoms with Crippen LogP contribution in [-0.4, -0.2) is 0 Å². The first kappa shape index (κ1) is 12.3. The molecular formula is C7H7IZn. The van der Waals surface area contributed by atoms with Crippen molar-refractivity contribution in [3.63, 3.8) is 0 Å². The third-order valence-corrected chi connectivity index (χ3v) is 0.885. The molecule has 0 bridgehead atoms. The van der Waals surface area contributed by atoms with E-state index in [1.165, 1.54) is 5.56 Å². The van der Waals surface area contributed by atoms with Crippen molar-refractivity contribution < 1.29 is 43.5 Å². The van der Waals surface area contributed by atoms with Gasteiger partial charge in [-0.25, -0.2) is 0 Å². The van der Waals surface area contributed by atoms with Crippen molar-refractivity contribution in [3.05, 3.63) is 35.9 Å². The number of hydrogen-bond donors (Lipinski definition) is 0. The van der Waals surface area contributed by atoms with Gasteiger partial charge in [0.2, 0.25) is 0 Å². The average Bonchev–Trinajstić information content (AvgIpc) is 1.69. The average molecular weight is 283 g/mol. The van der Waals surface area contributed by atoms with Crippen LogP contribution in [0.25, 0.3) is 0 Å². The molecule has 0 fully saturated rings. The Morgan fingerprint density at radius 2 is 1.67 bits per heavy atom. The molecule has 9 heavy (non-hydrogen) atoms. The Morgan fingerprint density at radius 3 is 1.89 bits per heavy atom. The van der Waals surface area contributed by atoms with Gasteiger partial charge in [0.25, 0.3) is 0 Å². The molecule has 0 aliphatic rings. The molecule has 0 aliphatic carbocycles. The maximum atomic E-state index is 2.93. The van der Waals surface area contributed by atoms with Gasteiger partial charge < -0.3 is 24.0 Å². The third-order valence-electron chi connectivity index (χ3n) is 0.885. The van der Waals surface area contributed by atoms with Crippen LogP contribution in [0, 0.1) is 13.0 Å². The fourth-order valence-corrected chi connectivity index (χ4v) is 0.470. The van der Waals surface area contributed by atoms with Crippen molar-refractivity contribution in [3.8, 4) is 0 Å². The second kappa shape index (κ2) is 6.69. The van der Waals surface area contributed by atoms with Gasteiger partial charge in [-0.15, -0.1) is 0 Å². The van der Waals surface area contributed by atoms with Crippen LogP contribution in [0.4, 0.5) is 0 Å². The van der Waals surface area contributed by atoms with Crippen molar-refractivity contribution >= 4 is 0 Å². The van der Waals surface area contributed by atoms with Gasteiger partial charge in [0.15, 0.2) is 0 Å². The van der Waals surface area contributed by atoms with Gasteiger partial charge in [0.05, 0.1) is 0 Å². The van der Waals surface area contributed by atoms with E-state index in [0.717, 1.165) is 0 Å². The summed E-state index contributed by atoms with van der Waals surface area (Å²) in [5.41, 5.74) is 1.29. The molecular weight excluding hydrogens is 276 g/mol. The van der Waals surface area contributed by atoms with Crippen LogP contribution in [0.2, 0.25) is 0 Å². The Hall–Kier alpha value is 0.573. The summed E-state index contributed by atoms with van der Waals surface area (Å²) in [6.07, 6.45) is 0. The summed E-state index contributed by atoms with van der Waals surface area (Å²) >= 11 is 0. The molecule has 1 aromatic carbocycles. The molecule has 0 unspecified atom stereocenters. The Bertz CT molecular complexity index is 139. The first-order valence-corrected chi connectivity index (χ1v) is 2.32. The zero-order valence-corrected chi connectivity index (χ0v) is 10.5. The molecule has 1 rings (SSSR count). The molecule has 0 heterocycles. The second-order valence-corrected chi connectivity index (χ2v) is 1.58. The number of rotatable bonds is 0. The Balaban J connectivity index is 0. The molecule has 0 aromatic heterocycles. The van der Waals surface area contributed by atoms with Gasteiger partial charge in [-0.2, -0.15) is 35.9 Å². The van der Waals surface area contributed by atoms with E-state index in [-0.39, 0.29) is 43.5 Å². The topological polar surface area (TPSA) is 0 Å². The summed E-state index contributed by atoms with van der Waals surface area (Å²) in [6.45, 7) is 2.06. The largest absolute Gasteiger partial charge is 2.00 e. The molecule has 2 heteroatoms. The molecule has 0 atom stereocenters. The van der Waals surface area contributed by atoms with E-state index in [1.54, 1.807) is 0 Å². The first-order valence-electron chi connectivity index (χ1n) is 2.32. The van der Waals surface area contributed by atoms with Gasteiger partial charge in [0, 0.05) is 0 Å². The van der Waals surface area contributed by atoms with Crippen LogP contribution in [0.3, 0.4) is 0 Å². The van der Waals surface area contributed by atoms with Gasteiger partial charge in [-0.05, 0) is 0 Å². The first-order chi connectivity index (χ1) is 3.39. The Labute approximate surface area is 85.8 Å². The summed E-state index contributed by atoms with van der Waals surface area (Å²) in [5, 5.41) is 0. The van der Waals surface area contributed by atoms with Crippen LogP contribution in [0.1, 0.15) is 5.56 Å². The predicted molar refractivity (Wildman–Crippen MR) is 30.0 cm³/mol. The van der Waals surface area contributed by atoms with E-state index < -0.39 is 0 Å². The predicted octanol–water partition coefficient (Wildman–Crippen LogP) is -1.20. The van der Waals surface area contributed by atoms with Crippen LogP contribution in [0.15, 0.2) is 24.3 Å². The third kappa shape index (κ3) is 5.04. The number of hydrogen-bond acceptors (Lipinski definition) is 0. The van der Waals surface area contributed by atoms with Gasteiger partial charge in [0.1, 0.15) is 0 Å². The van der Waals surface area contributed by atoms with Crippen LogP contribution < -0.4 is 24.0 Å². The van der Waals surface area contributed by atoms with Crippen LogP contribution >= 0.6 is 0 Å². The number of halogens is 1. The van der Waals surface area contributed by atoms with Crippen molar-refractivity contribution in [2.24, 2.45) is 0 Å². The Kier molecular flexibility index (Phi) is 9.12. The maximum absolute atomic E-state index is 2.93. The van der Waals surface area contributed by atoms with Crippen molar-refractivity contribution in [1.29, 1.82) is 0 Å². The Morgan fingerprint density at radius 1 is 1.22 bits per heavy atom. The molecule has 0 amide bonds. The van der Waals surface area contributed by atoms with Gasteiger partial charge in [-0.3, -0.25) is 0 Å². The van der Waals surface area contributed by atoms with E-state index >= 15 is 0 Å². The molecule has 1 aromatic rings. The molecule has 0 N–H and O–H groups in total. The summed E-state index contributed by atoms with van der Waals surface area (Å²) in [4.78, 5) is 0. The molecule has 0 saturated heterocycles. The summed E-state index contributed by atoms with van der Waals surface area (Å²) in [5.74, 6) is 0. The molecule has 0 saturated carbocycles. The number of aryl methyl sites for hydroxylation is 1. The monoisotopic (exact) mass is 282 g/mol. The zero-order chi connectivity index (χ0) is 5.11. The fraction of sp³-hybridized carbons (Fsp3) is 0.143. The fourth-order valence-electron chi connectivity index (χ4n) is 0.470. The molecule has 0 spiro atoms. The van der Waals surface area contributed by atoms with Crippen LogP contribution in [0.5, 0.6) is 0 Å². The zero-order valence-electron chi connectivity index (χ0n) is 5.39. The minimum atomic E-state index is 0. The molecule has 44 valence electrons. The molecule has 0 aliphatic heterocycles. The van der Waals surface area contributed by atoms with Gasteiger partial charge >= 0.3 is 19.5 Å². The van der Waals surface area contributed by atoms with Crippen LogP contribution in [-0.2, 0) is 19.5 Å². The molecule has 0 nitrogen and oxygen atoms in total. The maximum Gasteiger partial charge on any atom is 2.00 e. The quantitative estimate of drug-likeness (QED) is 0.319. The SMILES string of the molecule is Cc1cc[c-]cc1.[I-].[Zn+2]. The van der Waals surface area contributed by atoms with E-state index in [0.29, 0.717) is 0 Å². The minimum Gasteiger partial charge on any atom is -1.00 e. The standard InChI is InChI=1S/C7H7.HI.Zn/c1-7-5-3-2-4-6-7;;/h3-6H,1H3;1H;/q-1;;+2/p-1. The van der Waals surface area contributed by atoms with Crippen molar-refractivity contribution in [2.75, 3.05) is 0 Å². The number of benzene rings is 1. The minimum absolute atomic E-state index is 0. The van der Waals surface area contributed by atoms with E-state index in [9.17, 15) is 0 Å². The second-order valence-electron chi connectivity index (χ2n) is 1.58. The van der Waals surface area contributed by atoms with E-state index in [1.807, 2.05) is 24.3 Å². The smallest absolute Gasteiger partial charge is 1.00 e. The normalized spacial score (nSPS) is 6.78. The van der Waals surface area contributed by atoms with E-state index in [2.05, 4.69) is 13.0 Å². The summed E-state index contributed by atoms with van der Waals surface area (Å²) < 4.78 is 0. The van der Waals surface area contributed by atoms with Crippen molar-refractivity contribution in [2.45, 2.75) is 6.92 Å².